The summed E-state index contributed by atoms with van der Waals surface area (Å²) in [6.07, 6.45) is 0. The highest BCUT2D eigenvalue weighted by Gasteiger charge is 2.13. The lowest BCUT2D eigenvalue weighted by molar-refractivity contribution is 0.174. The Morgan fingerprint density at radius 2 is 2.14 bits per heavy atom. The summed E-state index contributed by atoms with van der Waals surface area (Å²) in [5.74, 6) is 1.59. The fourth-order valence-electron chi connectivity index (χ4n) is 2.11. The summed E-state index contributed by atoms with van der Waals surface area (Å²) in [5.41, 5.74) is 1.11. The third kappa shape index (κ3) is 3.71. The molecule has 0 radical (unpaired) electrons. The lowest BCUT2D eigenvalue weighted by Crippen LogP contribution is -2.35. The molecule has 2 aromatic rings. The Balaban J connectivity index is 1.53. The van der Waals surface area contributed by atoms with Crippen LogP contribution in [0.4, 0.5) is 0 Å². The van der Waals surface area contributed by atoms with Crippen LogP contribution in [0.25, 0.3) is 0 Å². The summed E-state index contributed by atoms with van der Waals surface area (Å²) in [6, 6.07) is 10.1. The van der Waals surface area contributed by atoms with Crippen LogP contribution in [0, 0.1) is 0 Å². The highest BCUT2D eigenvalue weighted by Crippen LogP contribution is 2.32. The lowest BCUT2D eigenvalue weighted by atomic mass is 10.2. The highest BCUT2D eigenvalue weighted by molar-refractivity contribution is 9.11. The smallest absolute Gasteiger partial charge is 0.231 e. The minimum atomic E-state index is 0.295. The van der Waals surface area contributed by atoms with Gasteiger partial charge < -0.3 is 19.7 Å². The Kier molecular flexibility index (Phi) is 4.85. The molecule has 0 atom stereocenters. The number of benzene rings is 1. The van der Waals surface area contributed by atoms with Gasteiger partial charge in [-0.3, -0.25) is 0 Å². The maximum Gasteiger partial charge on any atom is 0.231 e. The van der Waals surface area contributed by atoms with Crippen molar-refractivity contribution in [2.45, 2.75) is 13.1 Å². The van der Waals surface area contributed by atoms with Gasteiger partial charge in [-0.2, -0.15) is 0 Å². The standard InChI is InChI=1S/C15H15BrN2O2S2/c1-18(8-11-3-5-14(16)22-11)15(21)17-7-10-2-4-12-13(6-10)20-9-19-12/h2-6H,7-9H2,1H3,(H,17,21). The van der Waals surface area contributed by atoms with Gasteiger partial charge in [0.05, 0.1) is 10.3 Å². The number of halogens is 1. The first kappa shape index (κ1) is 15.6. The molecule has 0 unspecified atom stereocenters. The molecule has 1 N–H and O–H groups in total. The van der Waals surface area contributed by atoms with Gasteiger partial charge in [0.1, 0.15) is 0 Å². The minimum absolute atomic E-state index is 0.295. The van der Waals surface area contributed by atoms with Crippen molar-refractivity contribution in [3.63, 3.8) is 0 Å². The van der Waals surface area contributed by atoms with Crippen LogP contribution in [0.3, 0.4) is 0 Å². The molecule has 4 nitrogen and oxygen atoms in total. The van der Waals surface area contributed by atoms with Gasteiger partial charge in [0.2, 0.25) is 6.79 Å². The van der Waals surface area contributed by atoms with Gasteiger partial charge >= 0.3 is 0 Å². The molecule has 0 saturated heterocycles. The number of fused-ring (bicyclic) bond motifs is 1. The first-order valence-electron chi connectivity index (χ1n) is 6.73. The van der Waals surface area contributed by atoms with Crippen molar-refractivity contribution in [2.24, 2.45) is 0 Å². The van der Waals surface area contributed by atoms with Crippen LogP contribution in [-0.4, -0.2) is 23.9 Å². The Hall–Kier alpha value is -1.31. The normalized spacial score (nSPS) is 12.3. The average Bonchev–Trinajstić information content (AvgIpc) is 3.12. The van der Waals surface area contributed by atoms with E-state index in [0.717, 1.165) is 32.5 Å². The summed E-state index contributed by atoms with van der Waals surface area (Å²) in [4.78, 5) is 3.29. The van der Waals surface area contributed by atoms with Crippen molar-refractivity contribution in [2.75, 3.05) is 13.8 Å². The SMILES string of the molecule is CN(Cc1ccc(Br)s1)C(=S)NCc1ccc2c(c1)OCO2. The van der Waals surface area contributed by atoms with Gasteiger partial charge in [0, 0.05) is 18.5 Å². The zero-order chi connectivity index (χ0) is 15.5. The third-order valence-corrected chi connectivity index (χ3v) is 5.31. The Morgan fingerprint density at radius 3 is 2.91 bits per heavy atom. The van der Waals surface area contributed by atoms with E-state index >= 15 is 0 Å². The second kappa shape index (κ2) is 6.85. The van der Waals surface area contributed by atoms with Crippen molar-refractivity contribution >= 4 is 44.6 Å². The van der Waals surface area contributed by atoms with Crippen molar-refractivity contribution in [1.82, 2.24) is 10.2 Å². The summed E-state index contributed by atoms with van der Waals surface area (Å²) >= 11 is 10.6. The number of thiophene rings is 1. The zero-order valence-electron chi connectivity index (χ0n) is 12.0. The highest BCUT2D eigenvalue weighted by atomic mass is 79.9. The van der Waals surface area contributed by atoms with Crippen LogP contribution in [0.15, 0.2) is 34.1 Å². The van der Waals surface area contributed by atoms with Crippen molar-refractivity contribution in [1.29, 1.82) is 0 Å². The molecule has 7 heteroatoms. The molecule has 0 aliphatic carbocycles. The van der Waals surface area contributed by atoms with Crippen LogP contribution < -0.4 is 14.8 Å². The maximum atomic E-state index is 5.43. The van der Waals surface area contributed by atoms with Gasteiger partial charge in [-0.15, -0.1) is 11.3 Å². The van der Waals surface area contributed by atoms with E-state index in [4.69, 9.17) is 21.7 Å². The number of rotatable bonds is 4. The fraction of sp³-hybridized carbons (Fsp3) is 0.267. The third-order valence-electron chi connectivity index (χ3n) is 3.25. The zero-order valence-corrected chi connectivity index (χ0v) is 15.2. The molecule has 3 rings (SSSR count). The monoisotopic (exact) mass is 398 g/mol. The molecule has 0 spiro atoms. The molecule has 1 aromatic carbocycles. The molecule has 1 aromatic heterocycles. The largest absolute Gasteiger partial charge is 0.454 e. The van der Waals surface area contributed by atoms with E-state index in [1.807, 2.05) is 30.1 Å². The predicted octanol–water partition coefficient (Wildman–Crippen LogP) is 3.75. The fourth-order valence-corrected chi connectivity index (χ4v) is 3.78. The van der Waals surface area contributed by atoms with E-state index in [-0.39, 0.29) is 0 Å². The van der Waals surface area contributed by atoms with Crippen LogP contribution >= 0.6 is 39.5 Å². The summed E-state index contributed by atoms with van der Waals surface area (Å²) in [6.45, 7) is 1.75. The maximum absolute atomic E-state index is 5.43. The molecule has 0 amide bonds. The van der Waals surface area contributed by atoms with E-state index in [9.17, 15) is 0 Å². The molecule has 1 aliphatic rings. The first-order valence-corrected chi connectivity index (χ1v) is 8.75. The topological polar surface area (TPSA) is 33.7 Å². The van der Waals surface area contributed by atoms with Crippen LogP contribution in [0.5, 0.6) is 11.5 Å². The molecule has 1 aliphatic heterocycles. The van der Waals surface area contributed by atoms with Crippen molar-refractivity contribution in [3.8, 4) is 11.5 Å². The first-order chi connectivity index (χ1) is 10.6. The van der Waals surface area contributed by atoms with Gasteiger partial charge in [-0.25, -0.2) is 0 Å². The molecule has 22 heavy (non-hydrogen) atoms. The number of hydrogen-bond donors (Lipinski definition) is 1. The second-order valence-electron chi connectivity index (χ2n) is 4.91. The number of thiocarbonyl (C=S) groups is 1. The quantitative estimate of drug-likeness (QED) is 0.793. The van der Waals surface area contributed by atoms with Crippen molar-refractivity contribution < 1.29 is 9.47 Å². The average molecular weight is 399 g/mol. The van der Waals surface area contributed by atoms with E-state index < -0.39 is 0 Å². The van der Waals surface area contributed by atoms with Crippen molar-refractivity contribution in [3.05, 3.63) is 44.6 Å². The van der Waals surface area contributed by atoms with Gasteiger partial charge in [0.25, 0.3) is 0 Å². The summed E-state index contributed by atoms with van der Waals surface area (Å²) in [5, 5.41) is 4.00. The molecule has 0 fully saturated rings. The van der Waals surface area contributed by atoms with E-state index in [2.05, 4.69) is 33.4 Å². The van der Waals surface area contributed by atoms with Gasteiger partial charge in [-0.1, -0.05) is 6.07 Å². The molecule has 0 bridgehead atoms. The van der Waals surface area contributed by atoms with Crippen LogP contribution in [0.1, 0.15) is 10.4 Å². The molecule has 116 valence electrons. The Bertz CT molecular complexity index is 690. The molecule has 0 saturated carbocycles. The molecular formula is C15H15BrN2O2S2. The molecular weight excluding hydrogens is 384 g/mol. The Labute approximate surface area is 147 Å². The van der Waals surface area contributed by atoms with E-state index in [1.54, 1.807) is 11.3 Å². The van der Waals surface area contributed by atoms with Crippen LogP contribution in [0.2, 0.25) is 0 Å². The minimum Gasteiger partial charge on any atom is -0.454 e. The summed E-state index contributed by atoms with van der Waals surface area (Å²) < 4.78 is 11.8. The van der Waals surface area contributed by atoms with E-state index in [1.165, 1.54) is 4.88 Å². The second-order valence-corrected chi connectivity index (χ2v) is 7.84. The Morgan fingerprint density at radius 1 is 1.32 bits per heavy atom. The number of ether oxygens (including phenoxy) is 2. The predicted molar refractivity (Wildman–Crippen MR) is 95.5 cm³/mol. The van der Waals surface area contributed by atoms with Gasteiger partial charge in [0.15, 0.2) is 16.6 Å². The van der Waals surface area contributed by atoms with Crippen LogP contribution in [-0.2, 0) is 13.1 Å². The summed E-state index contributed by atoms with van der Waals surface area (Å²) in [7, 11) is 1.99. The number of nitrogens with one attached hydrogen (secondary N) is 1. The lowest BCUT2D eigenvalue weighted by Gasteiger charge is -2.20. The molecule has 2 heterocycles. The van der Waals surface area contributed by atoms with Gasteiger partial charge in [-0.05, 0) is 58.0 Å². The number of hydrogen-bond acceptors (Lipinski definition) is 4. The number of nitrogens with zero attached hydrogens (tertiary/aromatic N) is 1. The van der Waals surface area contributed by atoms with E-state index in [0.29, 0.717) is 13.3 Å².